The van der Waals surface area contributed by atoms with Crippen LogP contribution in [0, 0.1) is 0 Å². The van der Waals surface area contributed by atoms with Gasteiger partial charge < -0.3 is 14.2 Å². The summed E-state index contributed by atoms with van der Waals surface area (Å²) in [6, 6.07) is 11.6. The maximum atomic E-state index is 13.0. The quantitative estimate of drug-likeness (QED) is 0.417. The molecule has 0 aliphatic carbocycles. The predicted molar refractivity (Wildman–Crippen MR) is 132 cm³/mol. The molecule has 0 saturated heterocycles. The Hall–Kier alpha value is -3.13. The molecular formula is C25H31N3O4S. The minimum absolute atomic E-state index is 0.0806. The number of aromatic nitrogens is 2. The number of carbonyl (C=O) groups is 1. The van der Waals surface area contributed by atoms with Crippen molar-refractivity contribution >= 4 is 22.4 Å². The fourth-order valence-electron chi connectivity index (χ4n) is 3.19. The third-order valence-electron chi connectivity index (χ3n) is 4.81. The van der Waals surface area contributed by atoms with E-state index in [0.29, 0.717) is 47.8 Å². The van der Waals surface area contributed by atoms with Crippen molar-refractivity contribution < 1.29 is 19.0 Å². The van der Waals surface area contributed by atoms with Crippen molar-refractivity contribution in [2.75, 3.05) is 25.1 Å². The zero-order valence-electron chi connectivity index (χ0n) is 20.0. The molecule has 0 atom stereocenters. The molecule has 0 aliphatic heterocycles. The number of nitrogens with zero attached hydrogens (tertiary/aromatic N) is 2. The van der Waals surface area contributed by atoms with Crippen LogP contribution in [0.4, 0.5) is 5.13 Å². The minimum atomic E-state index is -0.328. The molecule has 1 amide bonds. The number of anilines is 1. The highest BCUT2D eigenvalue weighted by atomic mass is 32.1. The van der Waals surface area contributed by atoms with Crippen LogP contribution in [0.1, 0.15) is 57.5 Å². The molecule has 0 unspecified atom stereocenters. The number of rotatable bonds is 9. The van der Waals surface area contributed by atoms with Crippen LogP contribution in [0.2, 0.25) is 0 Å². The second kappa shape index (κ2) is 10.7. The number of amides is 1. The molecule has 0 spiro atoms. The second-order valence-electron chi connectivity index (χ2n) is 8.29. The first-order valence-corrected chi connectivity index (χ1v) is 11.9. The van der Waals surface area contributed by atoms with Gasteiger partial charge in [-0.2, -0.15) is 0 Å². The van der Waals surface area contributed by atoms with Gasteiger partial charge in [-0.3, -0.25) is 10.1 Å². The normalized spacial score (nSPS) is 11.2. The summed E-state index contributed by atoms with van der Waals surface area (Å²) in [5.41, 5.74) is 2.67. The molecule has 33 heavy (non-hydrogen) atoms. The first kappa shape index (κ1) is 24.5. The van der Waals surface area contributed by atoms with Crippen LogP contribution in [0.5, 0.6) is 17.2 Å². The first-order chi connectivity index (χ1) is 15.8. The van der Waals surface area contributed by atoms with Gasteiger partial charge in [-0.15, -0.1) is 10.2 Å². The zero-order chi connectivity index (χ0) is 24.0. The summed E-state index contributed by atoms with van der Waals surface area (Å²) in [7, 11) is 0. The van der Waals surface area contributed by atoms with Gasteiger partial charge in [0.1, 0.15) is 5.01 Å². The Morgan fingerprint density at radius 2 is 1.48 bits per heavy atom. The van der Waals surface area contributed by atoms with Gasteiger partial charge >= 0.3 is 0 Å². The molecule has 0 radical (unpaired) electrons. The average molecular weight is 470 g/mol. The lowest BCUT2D eigenvalue weighted by Crippen LogP contribution is -2.13. The van der Waals surface area contributed by atoms with Gasteiger partial charge in [0.05, 0.1) is 19.8 Å². The zero-order valence-corrected chi connectivity index (χ0v) is 20.8. The minimum Gasteiger partial charge on any atom is -0.490 e. The summed E-state index contributed by atoms with van der Waals surface area (Å²) in [4.78, 5) is 13.0. The molecule has 3 aromatic rings. The summed E-state index contributed by atoms with van der Waals surface area (Å²) in [5, 5.41) is 12.4. The number of hydrogen-bond acceptors (Lipinski definition) is 7. The number of benzene rings is 2. The van der Waals surface area contributed by atoms with Gasteiger partial charge in [0.15, 0.2) is 11.5 Å². The Labute approximate surface area is 199 Å². The monoisotopic (exact) mass is 469 g/mol. The van der Waals surface area contributed by atoms with Gasteiger partial charge in [0.25, 0.3) is 5.91 Å². The molecule has 8 heteroatoms. The highest BCUT2D eigenvalue weighted by Gasteiger charge is 2.20. The van der Waals surface area contributed by atoms with E-state index < -0.39 is 0 Å². The molecule has 0 aliphatic rings. The van der Waals surface area contributed by atoms with Crippen LogP contribution in [0.25, 0.3) is 10.6 Å². The smallest absolute Gasteiger partial charge is 0.257 e. The number of ether oxygens (including phenoxy) is 3. The van der Waals surface area contributed by atoms with Crippen molar-refractivity contribution in [1.82, 2.24) is 10.2 Å². The third-order valence-corrected chi connectivity index (χ3v) is 5.70. The third kappa shape index (κ3) is 6.01. The molecule has 1 heterocycles. The number of hydrogen-bond donors (Lipinski definition) is 1. The van der Waals surface area contributed by atoms with E-state index in [2.05, 4.69) is 48.4 Å². The first-order valence-electron chi connectivity index (χ1n) is 11.1. The van der Waals surface area contributed by atoms with E-state index >= 15 is 0 Å². The predicted octanol–water partition coefficient (Wildman–Crippen LogP) is 5.95. The molecule has 0 bridgehead atoms. The lowest BCUT2D eigenvalue weighted by Gasteiger charge is -2.18. The van der Waals surface area contributed by atoms with Gasteiger partial charge in [0, 0.05) is 11.1 Å². The summed E-state index contributed by atoms with van der Waals surface area (Å²) >= 11 is 1.32. The molecule has 1 aromatic heterocycles. The molecule has 3 rings (SSSR count). The average Bonchev–Trinajstić information content (AvgIpc) is 3.24. The van der Waals surface area contributed by atoms with Gasteiger partial charge in [-0.25, -0.2) is 0 Å². The highest BCUT2D eigenvalue weighted by Crippen LogP contribution is 2.39. The van der Waals surface area contributed by atoms with Crippen molar-refractivity contribution in [3.63, 3.8) is 0 Å². The SMILES string of the molecule is CCOc1cc(C(=O)Nc2nnc(-c3ccc(C(C)(C)C)cc3)s2)cc(OCC)c1OCC. The Morgan fingerprint density at radius 3 is 2.00 bits per heavy atom. The fraction of sp³-hybridized carbons (Fsp3) is 0.400. The van der Waals surface area contributed by atoms with Gasteiger partial charge in [-0.1, -0.05) is 56.4 Å². The standard InChI is InChI=1S/C25H31N3O4S/c1-7-30-19-14-17(15-20(31-8-2)21(19)32-9-3)22(29)26-24-28-27-23(33-24)16-10-12-18(13-11-16)25(4,5)6/h10-15H,7-9H2,1-6H3,(H,26,28,29). The van der Waals surface area contributed by atoms with E-state index in [9.17, 15) is 4.79 Å². The molecule has 1 N–H and O–H groups in total. The van der Waals surface area contributed by atoms with Crippen molar-refractivity contribution in [2.45, 2.75) is 47.0 Å². The lowest BCUT2D eigenvalue weighted by molar-refractivity contribution is 0.102. The second-order valence-corrected chi connectivity index (χ2v) is 9.27. The summed E-state index contributed by atoms with van der Waals surface area (Å²) in [6.07, 6.45) is 0. The van der Waals surface area contributed by atoms with E-state index in [1.165, 1.54) is 16.9 Å². The molecule has 0 saturated carbocycles. The van der Waals surface area contributed by atoms with Crippen LogP contribution >= 0.6 is 11.3 Å². The molecule has 7 nitrogen and oxygen atoms in total. The Bertz CT molecular complexity index is 1060. The maximum absolute atomic E-state index is 13.0. The van der Waals surface area contributed by atoms with Gasteiger partial charge in [-0.05, 0) is 43.9 Å². The highest BCUT2D eigenvalue weighted by molar-refractivity contribution is 7.18. The molecular weight excluding hydrogens is 438 g/mol. The van der Waals surface area contributed by atoms with E-state index in [0.717, 1.165) is 10.6 Å². The Morgan fingerprint density at radius 1 is 0.909 bits per heavy atom. The van der Waals surface area contributed by atoms with Gasteiger partial charge in [0.2, 0.25) is 10.9 Å². The van der Waals surface area contributed by atoms with Crippen LogP contribution in [-0.2, 0) is 5.41 Å². The number of nitrogens with one attached hydrogen (secondary N) is 1. The topological polar surface area (TPSA) is 82.6 Å². The largest absolute Gasteiger partial charge is 0.490 e. The van der Waals surface area contributed by atoms with Crippen molar-refractivity contribution in [3.8, 4) is 27.8 Å². The van der Waals surface area contributed by atoms with Crippen LogP contribution in [0.3, 0.4) is 0 Å². The number of carbonyl (C=O) groups excluding carboxylic acids is 1. The summed E-state index contributed by atoms with van der Waals surface area (Å²) in [5.74, 6) is 1.10. The van der Waals surface area contributed by atoms with E-state index in [-0.39, 0.29) is 11.3 Å². The van der Waals surface area contributed by atoms with Crippen molar-refractivity contribution in [1.29, 1.82) is 0 Å². The Kier molecular flexibility index (Phi) is 7.92. The van der Waals surface area contributed by atoms with Crippen LogP contribution < -0.4 is 19.5 Å². The van der Waals surface area contributed by atoms with Crippen LogP contribution in [-0.4, -0.2) is 35.9 Å². The fourth-order valence-corrected chi connectivity index (χ4v) is 3.94. The summed E-state index contributed by atoms with van der Waals surface area (Å²) in [6.45, 7) is 13.5. The van der Waals surface area contributed by atoms with Crippen molar-refractivity contribution in [3.05, 3.63) is 47.5 Å². The van der Waals surface area contributed by atoms with Crippen LogP contribution in [0.15, 0.2) is 36.4 Å². The Balaban J connectivity index is 1.82. The molecule has 2 aromatic carbocycles. The lowest BCUT2D eigenvalue weighted by atomic mass is 9.87. The summed E-state index contributed by atoms with van der Waals surface area (Å²) < 4.78 is 17.1. The maximum Gasteiger partial charge on any atom is 0.257 e. The van der Waals surface area contributed by atoms with E-state index in [1.807, 2.05) is 32.9 Å². The van der Waals surface area contributed by atoms with E-state index in [4.69, 9.17) is 14.2 Å². The van der Waals surface area contributed by atoms with E-state index in [1.54, 1.807) is 12.1 Å². The molecule has 0 fully saturated rings. The molecule has 176 valence electrons. The van der Waals surface area contributed by atoms with Crippen molar-refractivity contribution in [2.24, 2.45) is 0 Å².